The van der Waals surface area contributed by atoms with Crippen molar-refractivity contribution in [2.45, 2.75) is 338 Å². The van der Waals surface area contributed by atoms with Gasteiger partial charge in [0, 0.05) is 5.57 Å². The molecule has 0 saturated heterocycles. The number of aromatic amines is 2. The van der Waals surface area contributed by atoms with Gasteiger partial charge in [0.25, 0.3) is 0 Å². The summed E-state index contributed by atoms with van der Waals surface area (Å²) in [6.45, 7) is 16.2. The van der Waals surface area contributed by atoms with Crippen molar-refractivity contribution in [1.82, 2.24) is 39.9 Å². The van der Waals surface area contributed by atoms with Gasteiger partial charge in [-0.1, -0.05) is 304 Å². The zero-order valence-corrected chi connectivity index (χ0v) is 65.3. The minimum Gasteiger partial charge on any atom is -0.323 e. The zero-order valence-electron chi connectivity index (χ0n) is 59.6. The third-order valence-electron chi connectivity index (χ3n) is 17.6. The van der Waals surface area contributed by atoms with Gasteiger partial charge in [0.15, 0.2) is 23.3 Å². The van der Waals surface area contributed by atoms with Crippen LogP contribution in [0.25, 0.3) is 42.9 Å². The highest BCUT2D eigenvalue weighted by atomic mass is 32.2. The van der Waals surface area contributed by atoms with Gasteiger partial charge in [-0.2, -0.15) is 0 Å². The maximum Gasteiger partial charge on any atom is 0.171 e. The number of thioether (sulfide) groups is 7. The molecule has 520 valence electrons. The molecule has 93 heavy (non-hydrogen) atoms. The predicted octanol–water partition coefficient (Wildman–Crippen LogP) is 27.7. The van der Waals surface area contributed by atoms with Crippen molar-refractivity contribution in [2.75, 3.05) is 40.3 Å². The van der Waals surface area contributed by atoms with Gasteiger partial charge in [0.05, 0.1) is 34.3 Å². The monoisotopic (exact) mass is 1400 g/mol. The average molecular weight is 1400 g/mol. The third-order valence-corrected chi connectivity index (χ3v) is 26.2. The van der Waals surface area contributed by atoms with Crippen LogP contribution >= 0.6 is 82.3 Å². The van der Waals surface area contributed by atoms with Crippen molar-refractivity contribution in [2.24, 2.45) is 0 Å². The van der Waals surface area contributed by atoms with Crippen molar-refractivity contribution in [3.05, 3.63) is 59.2 Å². The molecule has 5 heterocycles. The fraction of sp³-hybridized carbons (Fsp3) is 0.718. The van der Waals surface area contributed by atoms with E-state index in [-0.39, 0.29) is 0 Å². The Balaban J connectivity index is 1.69. The highest BCUT2D eigenvalue weighted by molar-refractivity contribution is 8.13. The second-order valence-corrected chi connectivity index (χ2v) is 33.7. The lowest BCUT2D eigenvalue weighted by Crippen LogP contribution is -1.92. The average Bonchev–Trinajstić information content (AvgIpc) is 1.64. The molecular weight excluding hydrogens is 1270 g/mol. The molecule has 2 aliphatic heterocycles. The Morgan fingerprint density at radius 1 is 0.237 bits per heavy atom. The first kappa shape index (κ1) is 80.0. The van der Waals surface area contributed by atoms with Crippen LogP contribution in [0.3, 0.4) is 0 Å². The van der Waals surface area contributed by atoms with Crippen LogP contribution in [0.1, 0.15) is 347 Å². The standard InChI is InChI=1S/C78H126N8S7/c1-8-15-22-29-36-46-55-87-64-63(62-53-44-43-45-54-62)71-79-72(64)81-74-67(90-58-49-39-32-25-18-11-4)68(91-59-50-40-33-26-19-12-5)76(83-74)85-78-70(93-61-52-42-35-28-21-14-7)69(92-60-51-41-34-27-20-13-6)77(86-78)84-75-66(89-57-48-38-31-24-17-10-3)65(73(80-71)82-75)88-56-47-37-30-23-16-9-2/h43-45,53-54H,8-42,46-52,55-61H2,1-7H3,(H2,79,80,81,82,83,84,85,86). The molecule has 6 rings (SSSR count). The molecule has 4 aromatic rings. The SMILES string of the molecule is CCCCCCCCSC1=C(SCCCCCCCC)c2nc1nc1[nH]c(nc3nc(nc4[nH]c(n2)c(SCCCCCCCC)c4SCCCCCCCC)C(c2ccccc2)=C3SCCCCCCCC)c(SCCCCCCCC)c1SCCCCCCCC. The molecule has 2 N–H and O–H groups in total. The first-order valence-electron chi connectivity index (χ1n) is 38.2. The van der Waals surface area contributed by atoms with Crippen molar-refractivity contribution in [3.8, 4) is 0 Å². The summed E-state index contributed by atoms with van der Waals surface area (Å²) in [5, 5.41) is 0. The number of hydrogen-bond donors (Lipinski definition) is 2. The molecule has 0 amide bonds. The van der Waals surface area contributed by atoms with Crippen LogP contribution in [0.5, 0.6) is 0 Å². The van der Waals surface area contributed by atoms with E-state index in [0.29, 0.717) is 0 Å². The van der Waals surface area contributed by atoms with Crippen molar-refractivity contribution in [1.29, 1.82) is 0 Å². The van der Waals surface area contributed by atoms with Crippen LogP contribution in [0.15, 0.2) is 49.9 Å². The highest BCUT2D eigenvalue weighted by Gasteiger charge is 2.29. The maximum atomic E-state index is 5.89. The van der Waals surface area contributed by atoms with Crippen LogP contribution < -0.4 is 0 Å². The number of nitrogens with zero attached hydrogens (tertiary/aromatic N) is 6. The van der Waals surface area contributed by atoms with Crippen LogP contribution in [-0.2, 0) is 0 Å². The van der Waals surface area contributed by atoms with E-state index >= 15 is 0 Å². The Bertz CT molecular complexity index is 2870. The van der Waals surface area contributed by atoms with Gasteiger partial charge in [-0.25, -0.2) is 29.9 Å². The van der Waals surface area contributed by atoms with E-state index in [4.69, 9.17) is 29.9 Å². The van der Waals surface area contributed by atoms with Crippen molar-refractivity contribution >= 4 is 125 Å². The summed E-state index contributed by atoms with van der Waals surface area (Å²) in [5.41, 5.74) is 5.69. The number of H-pyrrole nitrogens is 2. The van der Waals surface area contributed by atoms with Gasteiger partial charge >= 0.3 is 0 Å². The Morgan fingerprint density at radius 2 is 0.462 bits per heavy atom. The number of hydrogen-bond acceptors (Lipinski definition) is 13. The maximum absolute atomic E-state index is 5.89. The second kappa shape index (κ2) is 51.2. The summed E-state index contributed by atoms with van der Waals surface area (Å²) in [6.07, 6.45) is 53.2. The molecule has 0 saturated carbocycles. The lowest BCUT2D eigenvalue weighted by molar-refractivity contribution is 0.627. The predicted molar refractivity (Wildman–Crippen MR) is 425 cm³/mol. The van der Waals surface area contributed by atoms with Gasteiger partial charge in [0.2, 0.25) is 0 Å². The smallest absolute Gasteiger partial charge is 0.171 e. The van der Waals surface area contributed by atoms with Gasteiger partial charge in [-0.15, -0.1) is 82.3 Å². The first-order chi connectivity index (χ1) is 46.0. The molecule has 0 unspecified atom stereocenters. The third kappa shape index (κ3) is 29.8. The largest absolute Gasteiger partial charge is 0.323 e. The Kier molecular flexibility index (Phi) is 44.0. The summed E-state index contributed by atoms with van der Waals surface area (Å²) in [4.78, 5) is 51.4. The molecule has 15 heteroatoms. The van der Waals surface area contributed by atoms with Crippen LogP contribution in [0, 0.1) is 0 Å². The molecule has 0 radical (unpaired) electrons. The summed E-state index contributed by atoms with van der Waals surface area (Å²) in [6, 6.07) is 11.0. The Hall–Kier alpha value is -2.01. The van der Waals surface area contributed by atoms with E-state index in [9.17, 15) is 0 Å². The van der Waals surface area contributed by atoms with Gasteiger partial charge in [0.1, 0.15) is 22.6 Å². The van der Waals surface area contributed by atoms with Crippen LogP contribution in [0.2, 0.25) is 0 Å². The van der Waals surface area contributed by atoms with Gasteiger partial charge in [-0.05, 0) is 90.8 Å². The lowest BCUT2D eigenvalue weighted by Gasteiger charge is -2.09. The minimum atomic E-state index is 0.729. The molecule has 0 aliphatic carbocycles. The molecule has 0 fully saturated rings. The molecule has 3 aromatic heterocycles. The molecule has 8 nitrogen and oxygen atoms in total. The number of unbranched alkanes of at least 4 members (excludes halogenated alkanes) is 35. The molecule has 8 bridgehead atoms. The van der Waals surface area contributed by atoms with Crippen LogP contribution in [-0.4, -0.2) is 80.1 Å². The van der Waals surface area contributed by atoms with Crippen molar-refractivity contribution < 1.29 is 0 Å². The summed E-state index contributed by atoms with van der Waals surface area (Å²) < 4.78 is 0. The highest BCUT2D eigenvalue weighted by Crippen LogP contribution is 2.47. The van der Waals surface area contributed by atoms with E-state index in [0.717, 1.165) is 109 Å². The van der Waals surface area contributed by atoms with Crippen molar-refractivity contribution in [3.63, 3.8) is 0 Å². The Labute approximate surface area is 597 Å². The molecule has 0 atom stereocenters. The zero-order chi connectivity index (χ0) is 65.6. The fourth-order valence-corrected chi connectivity index (χ4v) is 20.2. The van der Waals surface area contributed by atoms with Gasteiger partial charge < -0.3 is 9.97 Å². The summed E-state index contributed by atoms with van der Waals surface area (Å²) in [5.74, 6) is 10.3. The normalized spacial score (nSPS) is 12.6. The van der Waals surface area contributed by atoms with E-state index in [2.05, 4.69) is 88.8 Å². The lowest BCUT2D eigenvalue weighted by atomic mass is 10.1. The second-order valence-electron chi connectivity index (χ2n) is 26.0. The molecule has 0 spiro atoms. The molecule has 1 aromatic carbocycles. The minimum absolute atomic E-state index is 0.729. The number of aromatic nitrogens is 8. The number of nitrogens with one attached hydrogen (secondary N) is 2. The Morgan fingerprint density at radius 3 is 0.753 bits per heavy atom. The fourth-order valence-electron chi connectivity index (χ4n) is 11.9. The van der Waals surface area contributed by atoms with E-state index in [1.165, 1.54) is 293 Å². The number of rotatable bonds is 57. The van der Waals surface area contributed by atoms with Crippen LogP contribution in [0.4, 0.5) is 0 Å². The van der Waals surface area contributed by atoms with Gasteiger partial charge in [-0.3, -0.25) is 0 Å². The van der Waals surface area contributed by atoms with E-state index in [1.54, 1.807) is 0 Å². The topological polar surface area (TPSA) is 109 Å². The summed E-state index contributed by atoms with van der Waals surface area (Å²) >= 11 is 13.9. The quantitative estimate of drug-likeness (QED) is 0.0324. The number of fused-ring (bicyclic) bond motifs is 8. The van der Waals surface area contributed by atoms with E-state index < -0.39 is 0 Å². The molecular formula is C78H126N8S7. The van der Waals surface area contributed by atoms with E-state index in [1.807, 2.05) is 82.3 Å². The number of benzene rings is 1. The first-order valence-corrected chi connectivity index (χ1v) is 45.1. The summed E-state index contributed by atoms with van der Waals surface area (Å²) in [7, 11) is 0. The molecule has 2 aliphatic rings.